The molecule has 3 heteroatoms. The highest BCUT2D eigenvalue weighted by Crippen LogP contribution is 2.01. The van der Waals surface area contributed by atoms with Crippen LogP contribution in [0, 0.1) is 0 Å². The Bertz CT molecular complexity index is 199. The van der Waals surface area contributed by atoms with Crippen molar-refractivity contribution in [2.24, 2.45) is 0 Å². The Kier molecular flexibility index (Phi) is 8.21. The van der Waals surface area contributed by atoms with E-state index >= 15 is 0 Å². The van der Waals surface area contributed by atoms with Crippen LogP contribution in [0.4, 0.5) is 0 Å². The van der Waals surface area contributed by atoms with Crippen molar-refractivity contribution >= 4 is 23.2 Å². The summed E-state index contributed by atoms with van der Waals surface area (Å²) in [7, 11) is 0. The number of aliphatic hydroxyl groups is 1. The van der Waals surface area contributed by atoms with Gasteiger partial charge in [-0.3, -0.25) is 0 Å². The maximum Gasteiger partial charge on any atom is 0.0967 e. The first-order valence-corrected chi connectivity index (χ1v) is 5.11. The third-order valence-corrected chi connectivity index (χ3v) is 1.37. The van der Waals surface area contributed by atoms with Gasteiger partial charge in [-0.05, 0) is 18.9 Å². The number of rotatable bonds is 2. The van der Waals surface area contributed by atoms with Crippen LogP contribution < -0.4 is 0 Å². The summed E-state index contributed by atoms with van der Waals surface area (Å²) in [6, 6.07) is 9.99. The van der Waals surface area contributed by atoms with Crippen LogP contribution in [-0.2, 0) is 6.42 Å². The van der Waals surface area contributed by atoms with E-state index in [0.717, 1.165) is 6.42 Å². The lowest BCUT2D eigenvalue weighted by atomic mass is 10.1. The fourth-order valence-electron chi connectivity index (χ4n) is 0.955. The zero-order chi connectivity index (χ0) is 10.1. The molecule has 0 saturated carbocycles. The second-order valence-corrected chi connectivity index (χ2v) is 3.45. The van der Waals surface area contributed by atoms with Crippen LogP contribution in [0.25, 0.3) is 0 Å². The highest BCUT2D eigenvalue weighted by Gasteiger charge is 1.95. The smallest absolute Gasteiger partial charge is 0.0967 e. The van der Waals surface area contributed by atoms with Gasteiger partial charge in [-0.15, -0.1) is 23.2 Å². The first-order valence-electron chi connectivity index (χ1n) is 4.04. The van der Waals surface area contributed by atoms with E-state index in [4.69, 9.17) is 28.3 Å². The Morgan fingerprint density at radius 1 is 1.23 bits per heavy atom. The van der Waals surface area contributed by atoms with Crippen LogP contribution in [0.1, 0.15) is 12.5 Å². The molecule has 1 aromatic rings. The summed E-state index contributed by atoms with van der Waals surface area (Å²) in [6.07, 6.45) is 0.517. The van der Waals surface area contributed by atoms with Crippen molar-refractivity contribution in [3.8, 4) is 0 Å². The average molecular weight is 221 g/mol. The van der Waals surface area contributed by atoms with Crippen LogP contribution in [0.2, 0.25) is 0 Å². The maximum absolute atomic E-state index is 9.01. The molecule has 0 aliphatic heterocycles. The lowest BCUT2D eigenvalue weighted by molar-refractivity contribution is 0.195. The topological polar surface area (TPSA) is 20.2 Å². The van der Waals surface area contributed by atoms with E-state index in [1.807, 2.05) is 30.3 Å². The van der Waals surface area contributed by atoms with Gasteiger partial charge in [-0.25, -0.2) is 0 Å². The van der Waals surface area contributed by atoms with Crippen LogP contribution in [0.5, 0.6) is 0 Å². The second kappa shape index (κ2) is 8.36. The van der Waals surface area contributed by atoms with Gasteiger partial charge >= 0.3 is 0 Å². The number of hydrogen-bond donors (Lipinski definition) is 1. The molecule has 1 aromatic carbocycles. The SMILES string of the molecule is CC(O)Cc1ccccc1.ClCCl. The molecule has 74 valence electrons. The van der Waals surface area contributed by atoms with Crippen molar-refractivity contribution in [1.29, 1.82) is 0 Å². The molecule has 0 amide bonds. The van der Waals surface area contributed by atoms with E-state index in [0.29, 0.717) is 0 Å². The molecule has 0 saturated heterocycles. The Hall–Kier alpha value is -0.240. The number of aliphatic hydroxyl groups excluding tert-OH is 1. The molecule has 0 radical (unpaired) electrons. The van der Waals surface area contributed by atoms with Crippen molar-refractivity contribution in [3.05, 3.63) is 35.9 Å². The van der Waals surface area contributed by atoms with Gasteiger partial charge in [-0.2, -0.15) is 0 Å². The molecule has 1 unspecified atom stereocenters. The van der Waals surface area contributed by atoms with E-state index < -0.39 is 0 Å². The van der Waals surface area contributed by atoms with Crippen LogP contribution in [0.15, 0.2) is 30.3 Å². The average Bonchev–Trinajstić information content (AvgIpc) is 2.06. The summed E-state index contributed by atoms with van der Waals surface area (Å²) in [6.45, 7) is 1.80. The third kappa shape index (κ3) is 8.10. The predicted molar refractivity (Wildman–Crippen MR) is 58.4 cm³/mol. The van der Waals surface area contributed by atoms with Crippen molar-refractivity contribution in [3.63, 3.8) is 0 Å². The van der Waals surface area contributed by atoms with E-state index in [9.17, 15) is 0 Å². The van der Waals surface area contributed by atoms with Crippen molar-refractivity contribution in [2.45, 2.75) is 19.4 Å². The minimum absolute atomic E-state index is 0.194. The summed E-state index contributed by atoms with van der Waals surface area (Å²) in [5.74, 6) is 0. The maximum atomic E-state index is 9.01. The predicted octanol–water partition coefficient (Wildman–Crippen LogP) is 3.03. The van der Waals surface area contributed by atoms with E-state index in [1.54, 1.807) is 6.92 Å². The fourth-order valence-corrected chi connectivity index (χ4v) is 0.955. The minimum Gasteiger partial charge on any atom is -0.393 e. The Morgan fingerprint density at radius 2 is 1.69 bits per heavy atom. The molecule has 1 rings (SSSR count). The summed E-state index contributed by atoms with van der Waals surface area (Å²) in [5, 5.41) is 9.20. The molecular formula is C10H14Cl2O. The van der Waals surface area contributed by atoms with Gasteiger partial charge in [0.25, 0.3) is 0 Å². The molecule has 1 atom stereocenters. The molecule has 0 aliphatic carbocycles. The molecule has 0 aromatic heterocycles. The molecular weight excluding hydrogens is 207 g/mol. The minimum atomic E-state index is -0.234. The first-order chi connectivity index (χ1) is 6.20. The van der Waals surface area contributed by atoms with Gasteiger partial charge in [0.1, 0.15) is 0 Å². The van der Waals surface area contributed by atoms with Crippen LogP contribution in [0.3, 0.4) is 0 Å². The fraction of sp³-hybridized carbons (Fsp3) is 0.400. The largest absolute Gasteiger partial charge is 0.393 e. The zero-order valence-corrected chi connectivity index (χ0v) is 9.09. The van der Waals surface area contributed by atoms with Crippen LogP contribution >= 0.6 is 23.2 Å². The van der Waals surface area contributed by atoms with Gasteiger partial charge in [0, 0.05) is 0 Å². The monoisotopic (exact) mass is 220 g/mol. The van der Waals surface area contributed by atoms with Crippen LogP contribution in [-0.4, -0.2) is 16.5 Å². The standard InChI is InChI=1S/C9H12O.CH2Cl2/c1-8(10)7-9-5-3-2-4-6-9;2-1-3/h2-6,8,10H,7H2,1H3;1H2. The van der Waals surface area contributed by atoms with Crippen molar-refractivity contribution < 1.29 is 5.11 Å². The Labute approximate surface area is 89.3 Å². The molecule has 0 spiro atoms. The molecule has 0 fully saturated rings. The number of benzene rings is 1. The van der Waals surface area contributed by atoms with Gasteiger partial charge in [-0.1, -0.05) is 30.3 Å². The summed E-state index contributed by atoms with van der Waals surface area (Å²) in [5.41, 5.74) is 1.19. The van der Waals surface area contributed by atoms with Gasteiger partial charge in [0.05, 0.1) is 11.4 Å². The van der Waals surface area contributed by atoms with Gasteiger partial charge < -0.3 is 5.11 Å². The number of alkyl halides is 2. The normalized spacial score (nSPS) is 11.4. The summed E-state index contributed by atoms with van der Waals surface area (Å²) < 4.78 is 0. The van der Waals surface area contributed by atoms with Gasteiger partial charge in [0.15, 0.2) is 0 Å². The molecule has 1 N–H and O–H groups in total. The van der Waals surface area contributed by atoms with E-state index in [2.05, 4.69) is 0 Å². The molecule has 1 nitrogen and oxygen atoms in total. The summed E-state index contributed by atoms with van der Waals surface area (Å²) in [4.78, 5) is 0. The Balaban J connectivity index is 0.000000424. The van der Waals surface area contributed by atoms with Gasteiger partial charge in [0.2, 0.25) is 0 Å². The molecule has 0 heterocycles. The highest BCUT2D eigenvalue weighted by molar-refractivity contribution is 6.40. The quantitative estimate of drug-likeness (QED) is 0.761. The van der Waals surface area contributed by atoms with Crippen molar-refractivity contribution in [2.75, 3.05) is 5.34 Å². The second-order valence-electron chi connectivity index (χ2n) is 2.64. The number of halogens is 2. The lowest BCUT2D eigenvalue weighted by Crippen LogP contribution is -2.03. The first kappa shape index (κ1) is 12.8. The number of hydrogen-bond acceptors (Lipinski definition) is 1. The highest BCUT2D eigenvalue weighted by atomic mass is 35.5. The van der Waals surface area contributed by atoms with Crippen molar-refractivity contribution in [1.82, 2.24) is 0 Å². The Morgan fingerprint density at radius 3 is 2.08 bits per heavy atom. The van der Waals surface area contributed by atoms with E-state index in [1.165, 1.54) is 5.56 Å². The molecule has 0 aliphatic rings. The third-order valence-electron chi connectivity index (χ3n) is 1.37. The van der Waals surface area contributed by atoms with E-state index in [-0.39, 0.29) is 11.4 Å². The summed E-state index contributed by atoms with van der Waals surface area (Å²) >= 11 is 9.53. The zero-order valence-electron chi connectivity index (χ0n) is 7.58. The lowest BCUT2D eigenvalue weighted by Gasteiger charge is -2.01. The molecule has 13 heavy (non-hydrogen) atoms. The molecule has 0 bridgehead atoms.